The minimum absolute atomic E-state index is 0.262. The van der Waals surface area contributed by atoms with Crippen molar-refractivity contribution in [2.45, 2.75) is 5.75 Å². The minimum atomic E-state index is -0.572. The van der Waals surface area contributed by atoms with Gasteiger partial charge in [-0.1, -0.05) is 54.2 Å². The van der Waals surface area contributed by atoms with Crippen LogP contribution < -0.4 is 0 Å². The summed E-state index contributed by atoms with van der Waals surface area (Å²) in [5.41, 5.74) is 1.58. The first-order valence-corrected chi connectivity index (χ1v) is 7.54. The van der Waals surface area contributed by atoms with Gasteiger partial charge in [-0.3, -0.25) is 9.59 Å². The molecule has 112 valence electrons. The smallest absolute Gasteiger partial charge is 0.337 e. The second-order valence-electron chi connectivity index (χ2n) is 4.46. The van der Waals surface area contributed by atoms with Crippen LogP contribution in [0.15, 0.2) is 54.6 Å². The number of hydrogen-bond acceptors (Lipinski definition) is 5. The molecule has 0 heterocycles. The number of ether oxygens (including phenoxy) is 1. The predicted molar refractivity (Wildman–Crippen MR) is 84.9 cm³/mol. The van der Waals surface area contributed by atoms with E-state index in [1.807, 2.05) is 30.3 Å². The van der Waals surface area contributed by atoms with Gasteiger partial charge in [0.15, 0.2) is 0 Å². The SMILES string of the molecule is COC(=O)c1ccc(C(=O)C(=O)SCc2ccccc2)cc1. The number of thioether (sulfide) groups is 1. The van der Waals surface area contributed by atoms with Crippen LogP contribution in [0.5, 0.6) is 0 Å². The van der Waals surface area contributed by atoms with Crippen LogP contribution >= 0.6 is 11.8 Å². The van der Waals surface area contributed by atoms with Gasteiger partial charge in [-0.15, -0.1) is 0 Å². The summed E-state index contributed by atoms with van der Waals surface area (Å²) in [7, 11) is 1.28. The molecular weight excluding hydrogens is 300 g/mol. The number of carbonyl (C=O) groups is 3. The summed E-state index contributed by atoms with van der Waals surface area (Å²) in [4.78, 5) is 35.3. The summed E-state index contributed by atoms with van der Waals surface area (Å²) >= 11 is 0.967. The summed E-state index contributed by atoms with van der Waals surface area (Å²) in [6.07, 6.45) is 0. The van der Waals surface area contributed by atoms with E-state index in [9.17, 15) is 14.4 Å². The van der Waals surface area contributed by atoms with Crippen molar-refractivity contribution in [3.8, 4) is 0 Å². The molecule has 0 atom stereocenters. The van der Waals surface area contributed by atoms with E-state index in [4.69, 9.17) is 0 Å². The molecule has 0 fully saturated rings. The molecule has 0 spiro atoms. The Hall–Kier alpha value is -2.40. The molecule has 0 aliphatic rings. The number of Topliss-reactive ketones (excluding diaryl/α,β-unsaturated/α-hetero) is 1. The molecule has 0 saturated carbocycles. The first kappa shape index (κ1) is 16.0. The van der Waals surface area contributed by atoms with Gasteiger partial charge in [0.05, 0.1) is 12.7 Å². The van der Waals surface area contributed by atoms with Crippen molar-refractivity contribution >= 4 is 28.6 Å². The summed E-state index contributed by atoms with van der Waals surface area (Å²) < 4.78 is 4.58. The van der Waals surface area contributed by atoms with Gasteiger partial charge in [-0.2, -0.15) is 0 Å². The summed E-state index contributed by atoms with van der Waals surface area (Å²) in [6, 6.07) is 15.3. The summed E-state index contributed by atoms with van der Waals surface area (Å²) in [5, 5.41) is -0.519. The van der Waals surface area contributed by atoms with Crippen molar-refractivity contribution in [1.29, 1.82) is 0 Å². The molecule has 0 saturated heterocycles. The minimum Gasteiger partial charge on any atom is -0.465 e. The Morgan fingerprint density at radius 2 is 1.50 bits per heavy atom. The van der Waals surface area contributed by atoms with E-state index in [2.05, 4.69) is 4.74 Å². The fourth-order valence-corrected chi connectivity index (χ4v) is 2.52. The van der Waals surface area contributed by atoms with Crippen LogP contribution in [-0.2, 0) is 15.3 Å². The molecule has 0 amide bonds. The predicted octanol–water partition coefficient (Wildman–Crippen LogP) is 3.12. The Morgan fingerprint density at radius 1 is 0.909 bits per heavy atom. The number of hydrogen-bond donors (Lipinski definition) is 0. The lowest BCUT2D eigenvalue weighted by Crippen LogP contribution is -2.11. The van der Waals surface area contributed by atoms with Crippen LogP contribution in [0.3, 0.4) is 0 Å². The van der Waals surface area contributed by atoms with E-state index in [0.717, 1.165) is 17.3 Å². The maximum Gasteiger partial charge on any atom is 0.337 e. The van der Waals surface area contributed by atoms with Gasteiger partial charge in [0, 0.05) is 11.3 Å². The molecule has 4 nitrogen and oxygen atoms in total. The van der Waals surface area contributed by atoms with Gasteiger partial charge in [0.2, 0.25) is 5.78 Å². The van der Waals surface area contributed by atoms with Gasteiger partial charge in [0.1, 0.15) is 0 Å². The zero-order valence-corrected chi connectivity index (χ0v) is 12.8. The molecule has 0 radical (unpaired) electrons. The molecule has 0 bridgehead atoms. The molecular formula is C17H14O4S. The van der Waals surface area contributed by atoms with E-state index in [1.54, 1.807) is 0 Å². The third kappa shape index (κ3) is 4.05. The molecule has 0 N–H and O–H groups in total. The maximum atomic E-state index is 12.0. The third-order valence-corrected chi connectivity index (χ3v) is 3.89. The van der Waals surface area contributed by atoms with Crippen LogP contribution in [0.25, 0.3) is 0 Å². The van der Waals surface area contributed by atoms with Gasteiger partial charge in [-0.25, -0.2) is 4.79 Å². The van der Waals surface area contributed by atoms with E-state index < -0.39 is 16.9 Å². The highest BCUT2D eigenvalue weighted by Gasteiger charge is 2.17. The third-order valence-electron chi connectivity index (χ3n) is 2.97. The average Bonchev–Trinajstić information content (AvgIpc) is 2.59. The second-order valence-corrected chi connectivity index (χ2v) is 5.41. The van der Waals surface area contributed by atoms with E-state index in [0.29, 0.717) is 11.3 Å². The molecule has 0 unspecified atom stereocenters. The van der Waals surface area contributed by atoms with E-state index >= 15 is 0 Å². The van der Waals surface area contributed by atoms with Crippen molar-refractivity contribution in [3.05, 3.63) is 71.3 Å². The van der Waals surface area contributed by atoms with Crippen LogP contribution in [0, 0.1) is 0 Å². The van der Waals surface area contributed by atoms with Crippen LogP contribution in [-0.4, -0.2) is 24.0 Å². The number of carbonyl (C=O) groups excluding carboxylic acids is 3. The van der Waals surface area contributed by atoms with Gasteiger partial charge in [-0.05, 0) is 17.7 Å². The van der Waals surface area contributed by atoms with Crippen LogP contribution in [0.2, 0.25) is 0 Å². The molecule has 5 heteroatoms. The number of benzene rings is 2. The first-order chi connectivity index (χ1) is 10.6. The Morgan fingerprint density at radius 3 is 2.09 bits per heavy atom. The number of esters is 1. The van der Waals surface area contributed by atoms with E-state index in [1.165, 1.54) is 31.4 Å². The molecule has 2 aromatic carbocycles. The van der Waals surface area contributed by atoms with Crippen LogP contribution in [0.1, 0.15) is 26.3 Å². The lowest BCUT2D eigenvalue weighted by molar-refractivity contribution is -0.107. The number of methoxy groups -OCH3 is 1. The fraction of sp³-hybridized carbons (Fsp3) is 0.118. The zero-order valence-electron chi connectivity index (χ0n) is 11.9. The summed E-state index contributed by atoms with van der Waals surface area (Å²) in [6.45, 7) is 0. The van der Waals surface area contributed by atoms with Gasteiger partial charge < -0.3 is 4.74 Å². The van der Waals surface area contributed by atoms with Crippen molar-refractivity contribution in [1.82, 2.24) is 0 Å². The van der Waals surface area contributed by atoms with E-state index in [-0.39, 0.29) is 5.56 Å². The second kappa shape index (κ2) is 7.56. The van der Waals surface area contributed by atoms with Crippen molar-refractivity contribution < 1.29 is 19.1 Å². The lowest BCUT2D eigenvalue weighted by atomic mass is 10.1. The normalized spacial score (nSPS) is 10.0. The number of rotatable bonds is 5. The Kier molecular flexibility index (Phi) is 5.49. The topological polar surface area (TPSA) is 60.4 Å². The van der Waals surface area contributed by atoms with Gasteiger partial charge in [0.25, 0.3) is 5.12 Å². The molecule has 2 aromatic rings. The maximum absolute atomic E-state index is 12.0. The summed E-state index contributed by atoms with van der Waals surface area (Å²) in [5.74, 6) is -0.604. The van der Waals surface area contributed by atoms with Crippen molar-refractivity contribution in [2.75, 3.05) is 7.11 Å². The molecule has 22 heavy (non-hydrogen) atoms. The molecule has 0 aliphatic carbocycles. The zero-order chi connectivity index (χ0) is 15.9. The Balaban J connectivity index is 1.98. The highest BCUT2D eigenvalue weighted by molar-refractivity contribution is 8.14. The first-order valence-electron chi connectivity index (χ1n) is 6.55. The highest BCUT2D eigenvalue weighted by atomic mass is 32.2. The van der Waals surface area contributed by atoms with Gasteiger partial charge >= 0.3 is 5.97 Å². The molecule has 0 aromatic heterocycles. The number of ketones is 1. The fourth-order valence-electron chi connectivity index (χ4n) is 1.78. The lowest BCUT2D eigenvalue weighted by Gasteiger charge is -2.03. The van der Waals surface area contributed by atoms with Crippen molar-refractivity contribution in [3.63, 3.8) is 0 Å². The Labute approximate surface area is 132 Å². The highest BCUT2D eigenvalue weighted by Crippen LogP contribution is 2.16. The van der Waals surface area contributed by atoms with Crippen molar-refractivity contribution in [2.24, 2.45) is 0 Å². The average molecular weight is 314 g/mol. The molecule has 2 rings (SSSR count). The van der Waals surface area contributed by atoms with Crippen LogP contribution in [0.4, 0.5) is 0 Å². The molecule has 0 aliphatic heterocycles. The quantitative estimate of drug-likeness (QED) is 0.482. The largest absolute Gasteiger partial charge is 0.465 e. The monoisotopic (exact) mass is 314 g/mol. The Bertz CT molecular complexity index is 678. The standard InChI is InChI=1S/C17H14O4S/c1-21-16(19)14-9-7-13(8-10-14)15(18)17(20)22-11-12-5-3-2-4-6-12/h2-10H,11H2,1H3.